The summed E-state index contributed by atoms with van der Waals surface area (Å²) in [5.74, 6) is -1.90. The van der Waals surface area contributed by atoms with Crippen molar-refractivity contribution < 1.29 is 27.5 Å². The molecule has 28 heavy (non-hydrogen) atoms. The van der Waals surface area contributed by atoms with E-state index in [9.17, 15) is 22.8 Å². The maximum absolute atomic E-state index is 12.6. The summed E-state index contributed by atoms with van der Waals surface area (Å²) in [4.78, 5) is 36.6. The Bertz CT molecular complexity index is 1050. The van der Waals surface area contributed by atoms with Crippen LogP contribution < -0.4 is 5.32 Å². The third-order valence-electron chi connectivity index (χ3n) is 4.25. The lowest BCUT2D eigenvalue weighted by molar-refractivity contribution is -0.118. The molecule has 9 heteroatoms. The fourth-order valence-electron chi connectivity index (χ4n) is 2.84. The van der Waals surface area contributed by atoms with Crippen molar-refractivity contribution >= 4 is 33.5 Å². The number of hydrogen-bond acceptors (Lipinski definition) is 6. The quantitative estimate of drug-likeness (QED) is 0.767. The molecule has 0 fully saturated rings. The van der Waals surface area contributed by atoms with E-state index in [4.69, 9.17) is 4.74 Å². The summed E-state index contributed by atoms with van der Waals surface area (Å²) in [6.07, 6.45) is 0. The molecule has 2 amide bonds. The number of nitrogens with one attached hydrogen (secondary N) is 1. The molecule has 0 unspecified atom stereocenters. The first kappa shape index (κ1) is 19.6. The Morgan fingerprint density at radius 1 is 1.11 bits per heavy atom. The number of nitrogens with zero attached hydrogens (tertiary/aromatic N) is 1. The second-order valence-electron chi connectivity index (χ2n) is 6.07. The second kappa shape index (κ2) is 7.43. The van der Waals surface area contributed by atoms with Gasteiger partial charge >= 0.3 is 5.97 Å². The van der Waals surface area contributed by atoms with Crippen LogP contribution >= 0.6 is 0 Å². The largest absolute Gasteiger partial charge is 0.462 e. The van der Waals surface area contributed by atoms with Crippen LogP contribution in [-0.2, 0) is 19.6 Å². The smallest absolute Gasteiger partial charge is 0.338 e. The summed E-state index contributed by atoms with van der Waals surface area (Å²) >= 11 is 0. The topological polar surface area (TPSA) is 110 Å². The summed E-state index contributed by atoms with van der Waals surface area (Å²) in [5.41, 5.74) is 0.716. The van der Waals surface area contributed by atoms with E-state index < -0.39 is 33.8 Å². The minimum Gasteiger partial charge on any atom is -0.462 e. The molecule has 8 nitrogen and oxygen atoms in total. The third kappa shape index (κ3) is 3.36. The first-order valence-corrected chi connectivity index (χ1v) is 9.97. The second-order valence-corrected chi connectivity index (χ2v) is 7.85. The lowest BCUT2D eigenvalue weighted by Gasteiger charge is -2.22. The number of amides is 2. The molecule has 0 aromatic heterocycles. The van der Waals surface area contributed by atoms with Gasteiger partial charge in [0.05, 0.1) is 17.7 Å². The van der Waals surface area contributed by atoms with Crippen molar-refractivity contribution in [3.8, 4) is 0 Å². The predicted octanol–water partition coefficient (Wildman–Crippen LogP) is 2.04. The number of hydrogen-bond donors (Lipinski definition) is 1. The number of fused-ring (bicyclic) bond motifs is 1. The summed E-state index contributed by atoms with van der Waals surface area (Å²) in [6.45, 7) is 3.28. The molecule has 2 aromatic rings. The molecule has 3 rings (SSSR count). The maximum Gasteiger partial charge on any atom is 0.338 e. The molecule has 1 aliphatic heterocycles. The molecule has 0 saturated carbocycles. The summed E-state index contributed by atoms with van der Waals surface area (Å²) in [7, 11) is -4.09. The normalized spacial score (nSPS) is 15.6. The molecule has 146 valence electrons. The van der Waals surface area contributed by atoms with Crippen LogP contribution in [0.15, 0.2) is 53.4 Å². The van der Waals surface area contributed by atoms with Crippen molar-refractivity contribution in [1.29, 1.82) is 0 Å². The van der Waals surface area contributed by atoms with Crippen LogP contribution in [0.3, 0.4) is 0 Å². The van der Waals surface area contributed by atoms with Crippen LogP contribution in [0.1, 0.15) is 34.6 Å². The molecule has 2 aromatic carbocycles. The Balaban J connectivity index is 1.77. The Morgan fingerprint density at radius 2 is 1.75 bits per heavy atom. The van der Waals surface area contributed by atoms with Gasteiger partial charge in [-0.15, -0.1) is 0 Å². The number of sulfonamides is 1. The van der Waals surface area contributed by atoms with E-state index in [-0.39, 0.29) is 17.1 Å². The molecular formula is C19H18N2O6S. The minimum absolute atomic E-state index is 0.0425. The van der Waals surface area contributed by atoms with Gasteiger partial charge in [-0.1, -0.05) is 12.1 Å². The zero-order valence-corrected chi connectivity index (χ0v) is 16.0. The van der Waals surface area contributed by atoms with E-state index in [1.54, 1.807) is 13.0 Å². The number of carbonyl (C=O) groups is 3. The Morgan fingerprint density at radius 3 is 2.36 bits per heavy atom. The fourth-order valence-corrected chi connectivity index (χ4v) is 4.57. The highest BCUT2D eigenvalue weighted by molar-refractivity contribution is 7.90. The van der Waals surface area contributed by atoms with Crippen LogP contribution in [0.25, 0.3) is 0 Å². The van der Waals surface area contributed by atoms with Gasteiger partial charge in [-0.3, -0.25) is 9.59 Å². The van der Waals surface area contributed by atoms with E-state index in [1.165, 1.54) is 49.4 Å². The molecule has 0 saturated heterocycles. The van der Waals surface area contributed by atoms with Crippen LogP contribution in [-0.4, -0.2) is 43.2 Å². The van der Waals surface area contributed by atoms with Gasteiger partial charge in [0.25, 0.3) is 15.9 Å². The van der Waals surface area contributed by atoms with Gasteiger partial charge in [-0.05, 0) is 50.2 Å². The molecule has 1 heterocycles. The highest BCUT2D eigenvalue weighted by atomic mass is 32.2. The van der Waals surface area contributed by atoms with Crippen LogP contribution in [0.2, 0.25) is 0 Å². The standard InChI is InChI=1S/C19H18N2O6S/c1-3-27-19(24)13-8-10-14(11-9-13)20-17(22)12(2)21-18(23)15-6-4-5-7-16(15)28(21,25)26/h4-12H,3H2,1-2H3,(H,20,22)/t12-/m0/s1. The number of rotatable bonds is 5. The van der Waals surface area contributed by atoms with Gasteiger partial charge < -0.3 is 10.1 Å². The van der Waals surface area contributed by atoms with Crippen molar-refractivity contribution in [2.75, 3.05) is 11.9 Å². The molecule has 0 bridgehead atoms. The van der Waals surface area contributed by atoms with Gasteiger partial charge in [0.1, 0.15) is 10.9 Å². The zero-order valence-electron chi connectivity index (χ0n) is 15.2. The maximum atomic E-state index is 12.6. The first-order chi connectivity index (χ1) is 13.3. The van der Waals surface area contributed by atoms with Gasteiger partial charge in [-0.2, -0.15) is 0 Å². The highest BCUT2D eigenvalue weighted by Gasteiger charge is 2.45. The van der Waals surface area contributed by atoms with Gasteiger partial charge in [0.2, 0.25) is 5.91 Å². The number of esters is 1. The molecule has 1 aliphatic rings. The van der Waals surface area contributed by atoms with Crippen LogP contribution in [0.4, 0.5) is 5.69 Å². The van der Waals surface area contributed by atoms with E-state index in [1.807, 2.05) is 0 Å². The van der Waals surface area contributed by atoms with E-state index in [0.29, 0.717) is 15.6 Å². The fraction of sp³-hybridized carbons (Fsp3) is 0.211. The lowest BCUT2D eigenvalue weighted by atomic mass is 10.2. The SMILES string of the molecule is CCOC(=O)c1ccc(NC(=O)[C@H](C)N2C(=O)c3ccccc3S2(=O)=O)cc1. The van der Waals surface area contributed by atoms with Crippen molar-refractivity contribution in [3.63, 3.8) is 0 Å². The first-order valence-electron chi connectivity index (χ1n) is 8.53. The number of benzene rings is 2. The molecular weight excluding hydrogens is 384 g/mol. The van der Waals surface area contributed by atoms with Gasteiger partial charge in [-0.25, -0.2) is 17.5 Å². The van der Waals surface area contributed by atoms with Crippen molar-refractivity contribution in [1.82, 2.24) is 4.31 Å². The number of anilines is 1. The van der Waals surface area contributed by atoms with Crippen LogP contribution in [0.5, 0.6) is 0 Å². The average Bonchev–Trinajstić information content (AvgIpc) is 2.88. The summed E-state index contributed by atoms with van der Waals surface area (Å²) in [5, 5.41) is 2.55. The van der Waals surface area contributed by atoms with E-state index in [2.05, 4.69) is 5.32 Å². The molecule has 0 spiro atoms. The van der Waals surface area contributed by atoms with Crippen molar-refractivity contribution in [2.45, 2.75) is 24.8 Å². The highest BCUT2D eigenvalue weighted by Crippen LogP contribution is 2.31. The average molecular weight is 402 g/mol. The lowest BCUT2D eigenvalue weighted by Crippen LogP contribution is -2.45. The van der Waals surface area contributed by atoms with Gasteiger partial charge in [0.15, 0.2) is 0 Å². The van der Waals surface area contributed by atoms with E-state index in [0.717, 1.165) is 0 Å². The monoisotopic (exact) mass is 402 g/mol. The Hall–Kier alpha value is -3.20. The molecule has 0 radical (unpaired) electrons. The predicted molar refractivity (Wildman–Crippen MR) is 100 cm³/mol. The van der Waals surface area contributed by atoms with Crippen molar-refractivity contribution in [3.05, 3.63) is 59.7 Å². The number of carbonyl (C=O) groups excluding carboxylic acids is 3. The zero-order chi connectivity index (χ0) is 20.5. The summed E-state index contributed by atoms with van der Waals surface area (Å²) in [6, 6.07) is 10.5. The van der Waals surface area contributed by atoms with Gasteiger partial charge in [0, 0.05) is 5.69 Å². The number of ether oxygens (including phenoxy) is 1. The third-order valence-corrected chi connectivity index (χ3v) is 6.16. The summed E-state index contributed by atoms with van der Waals surface area (Å²) < 4.78 is 30.8. The Kier molecular flexibility index (Phi) is 5.19. The molecule has 0 aliphatic carbocycles. The minimum atomic E-state index is -4.09. The van der Waals surface area contributed by atoms with Crippen LogP contribution in [0, 0.1) is 0 Å². The Labute approximate surface area is 162 Å². The molecule has 1 atom stereocenters. The van der Waals surface area contributed by atoms with E-state index >= 15 is 0 Å². The van der Waals surface area contributed by atoms with Crippen molar-refractivity contribution in [2.24, 2.45) is 0 Å². The molecule has 1 N–H and O–H groups in total.